The van der Waals surface area contributed by atoms with E-state index < -0.39 is 6.10 Å². The lowest BCUT2D eigenvalue weighted by atomic mass is 10.1. The number of likely N-dealkylation sites (N-methyl/N-ethyl adjacent to an activating group) is 1. The van der Waals surface area contributed by atoms with Crippen LogP contribution in [0.4, 0.5) is 5.69 Å². The fourth-order valence-electron chi connectivity index (χ4n) is 1.90. The van der Waals surface area contributed by atoms with Crippen molar-refractivity contribution in [1.29, 1.82) is 0 Å². The van der Waals surface area contributed by atoms with Crippen molar-refractivity contribution in [3.05, 3.63) is 29.3 Å². The number of aliphatic hydroxyl groups is 1. The zero-order chi connectivity index (χ0) is 13.7. The summed E-state index contributed by atoms with van der Waals surface area (Å²) in [7, 11) is 2.00. The van der Waals surface area contributed by atoms with Crippen molar-refractivity contribution in [2.24, 2.45) is 0 Å². The first-order valence-electron chi connectivity index (χ1n) is 6.48. The second-order valence-corrected chi connectivity index (χ2v) is 5.21. The monoisotopic (exact) mass is 251 g/mol. The highest BCUT2D eigenvalue weighted by molar-refractivity contribution is 5.54. The van der Waals surface area contributed by atoms with Crippen LogP contribution in [0.25, 0.3) is 0 Å². The van der Waals surface area contributed by atoms with Gasteiger partial charge in [0.25, 0.3) is 0 Å². The first-order valence-corrected chi connectivity index (χ1v) is 6.48. The van der Waals surface area contributed by atoms with Gasteiger partial charge in [0.15, 0.2) is 0 Å². The lowest BCUT2D eigenvalue weighted by molar-refractivity contribution is 0.00926. The van der Waals surface area contributed by atoms with Gasteiger partial charge in [-0.05, 0) is 44.9 Å². The number of hydrogen-bond donors (Lipinski definition) is 1. The Morgan fingerprint density at radius 2 is 1.94 bits per heavy atom. The first kappa shape index (κ1) is 15.0. The molecule has 1 N–H and O–H groups in total. The van der Waals surface area contributed by atoms with Crippen molar-refractivity contribution in [1.82, 2.24) is 0 Å². The largest absolute Gasteiger partial charge is 0.389 e. The highest BCUT2D eigenvalue weighted by atomic mass is 16.5. The molecule has 0 saturated carbocycles. The van der Waals surface area contributed by atoms with Crippen LogP contribution in [-0.2, 0) is 4.74 Å². The van der Waals surface area contributed by atoms with Gasteiger partial charge in [-0.1, -0.05) is 12.1 Å². The summed E-state index contributed by atoms with van der Waals surface area (Å²) < 4.78 is 5.42. The van der Waals surface area contributed by atoms with Gasteiger partial charge >= 0.3 is 0 Å². The van der Waals surface area contributed by atoms with E-state index in [1.807, 2.05) is 20.9 Å². The van der Waals surface area contributed by atoms with Crippen LogP contribution in [0.3, 0.4) is 0 Å². The summed E-state index contributed by atoms with van der Waals surface area (Å²) in [5, 5.41) is 9.92. The molecule has 102 valence electrons. The van der Waals surface area contributed by atoms with Crippen molar-refractivity contribution in [2.45, 2.75) is 39.9 Å². The normalized spacial score (nSPS) is 12.8. The minimum Gasteiger partial charge on any atom is -0.389 e. The van der Waals surface area contributed by atoms with Crippen molar-refractivity contribution < 1.29 is 9.84 Å². The molecule has 0 radical (unpaired) electrons. The molecule has 0 bridgehead atoms. The molecule has 3 nitrogen and oxygen atoms in total. The molecule has 0 aliphatic heterocycles. The lowest BCUT2D eigenvalue weighted by Crippen LogP contribution is -2.33. The number of aryl methyl sites for hydroxylation is 2. The van der Waals surface area contributed by atoms with E-state index in [0.717, 1.165) is 0 Å². The highest BCUT2D eigenvalue weighted by Gasteiger charge is 2.11. The summed E-state index contributed by atoms with van der Waals surface area (Å²) in [6.45, 7) is 9.07. The maximum atomic E-state index is 9.92. The smallest absolute Gasteiger partial charge is 0.0948 e. The van der Waals surface area contributed by atoms with Gasteiger partial charge < -0.3 is 14.7 Å². The summed E-state index contributed by atoms with van der Waals surface area (Å²) in [6, 6.07) is 6.36. The van der Waals surface area contributed by atoms with Gasteiger partial charge in [-0.3, -0.25) is 0 Å². The maximum Gasteiger partial charge on any atom is 0.0948 e. The molecule has 1 unspecified atom stereocenters. The molecule has 1 aromatic carbocycles. The van der Waals surface area contributed by atoms with Crippen LogP contribution in [0.2, 0.25) is 0 Å². The molecule has 0 fully saturated rings. The van der Waals surface area contributed by atoms with E-state index in [9.17, 15) is 5.11 Å². The summed E-state index contributed by atoms with van der Waals surface area (Å²) >= 11 is 0. The minimum absolute atomic E-state index is 0.158. The number of anilines is 1. The summed E-state index contributed by atoms with van der Waals surface area (Å²) in [4.78, 5) is 2.08. The second kappa shape index (κ2) is 6.76. The van der Waals surface area contributed by atoms with Crippen LogP contribution < -0.4 is 4.90 Å². The molecular formula is C15H25NO2. The van der Waals surface area contributed by atoms with E-state index in [2.05, 4.69) is 36.9 Å². The fraction of sp³-hybridized carbons (Fsp3) is 0.600. The molecular weight excluding hydrogens is 226 g/mol. The van der Waals surface area contributed by atoms with Gasteiger partial charge in [0.2, 0.25) is 0 Å². The quantitative estimate of drug-likeness (QED) is 0.843. The van der Waals surface area contributed by atoms with Gasteiger partial charge in [-0.15, -0.1) is 0 Å². The van der Waals surface area contributed by atoms with Crippen LogP contribution >= 0.6 is 0 Å². The Kier molecular flexibility index (Phi) is 5.63. The van der Waals surface area contributed by atoms with Crippen LogP contribution in [0, 0.1) is 13.8 Å². The molecule has 0 aromatic heterocycles. The number of hydrogen-bond acceptors (Lipinski definition) is 3. The topological polar surface area (TPSA) is 32.7 Å². The first-order chi connectivity index (χ1) is 8.40. The average molecular weight is 251 g/mol. The third-order valence-electron chi connectivity index (χ3n) is 2.88. The average Bonchev–Trinajstić information content (AvgIpc) is 2.29. The Labute approximate surface area is 110 Å². The summed E-state index contributed by atoms with van der Waals surface area (Å²) in [5.41, 5.74) is 3.62. The zero-order valence-electron chi connectivity index (χ0n) is 12.1. The molecule has 0 amide bonds. The molecule has 0 spiro atoms. The molecule has 0 aliphatic carbocycles. The summed E-state index contributed by atoms with van der Waals surface area (Å²) in [6.07, 6.45) is -0.303. The molecule has 18 heavy (non-hydrogen) atoms. The Balaban J connectivity index is 2.58. The molecule has 1 rings (SSSR count). The Hall–Kier alpha value is -1.06. The van der Waals surface area contributed by atoms with Crippen molar-refractivity contribution in [2.75, 3.05) is 25.1 Å². The number of ether oxygens (including phenoxy) is 1. The number of nitrogens with zero attached hydrogens (tertiary/aromatic N) is 1. The van der Waals surface area contributed by atoms with E-state index in [4.69, 9.17) is 4.74 Å². The second-order valence-electron chi connectivity index (χ2n) is 5.21. The summed E-state index contributed by atoms with van der Waals surface area (Å²) in [5.74, 6) is 0. The van der Waals surface area contributed by atoms with Crippen LogP contribution in [-0.4, -0.2) is 37.5 Å². The predicted molar refractivity (Wildman–Crippen MR) is 76.3 cm³/mol. The number of rotatable bonds is 6. The fourth-order valence-corrected chi connectivity index (χ4v) is 1.90. The Morgan fingerprint density at radius 1 is 1.28 bits per heavy atom. The molecule has 3 heteroatoms. The van der Waals surface area contributed by atoms with E-state index >= 15 is 0 Å². The maximum absolute atomic E-state index is 9.92. The van der Waals surface area contributed by atoms with E-state index in [0.29, 0.717) is 13.2 Å². The van der Waals surface area contributed by atoms with Crippen LogP contribution in [0.5, 0.6) is 0 Å². The van der Waals surface area contributed by atoms with E-state index in [1.165, 1.54) is 16.8 Å². The van der Waals surface area contributed by atoms with Gasteiger partial charge in [0.1, 0.15) is 0 Å². The minimum atomic E-state index is -0.461. The van der Waals surface area contributed by atoms with Crippen molar-refractivity contribution >= 4 is 5.69 Å². The SMILES string of the molecule is Cc1ccc(C)c(N(C)CC(O)COC(C)C)c1. The number of benzene rings is 1. The third-order valence-corrected chi connectivity index (χ3v) is 2.88. The van der Waals surface area contributed by atoms with Gasteiger partial charge in [0.05, 0.1) is 18.8 Å². The van der Waals surface area contributed by atoms with E-state index in [1.54, 1.807) is 0 Å². The Bertz CT molecular complexity index is 377. The molecule has 0 aliphatic rings. The molecule has 1 atom stereocenters. The molecule has 0 heterocycles. The van der Waals surface area contributed by atoms with Gasteiger partial charge in [-0.2, -0.15) is 0 Å². The molecule has 1 aromatic rings. The van der Waals surface area contributed by atoms with Gasteiger partial charge in [0, 0.05) is 19.3 Å². The lowest BCUT2D eigenvalue weighted by Gasteiger charge is -2.25. The standard InChI is InChI=1S/C15H25NO2/c1-11(2)18-10-14(17)9-16(5)15-8-12(3)6-7-13(15)4/h6-8,11,14,17H,9-10H2,1-5H3. The third kappa shape index (κ3) is 4.67. The van der Waals surface area contributed by atoms with Crippen LogP contribution in [0.15, 0.2) is 18.2 Å². The van der Waals surface area contributed by atoms with Crippen molar-refractivity contribution in [3.8, 4) is 0 Å². The zero-order valence-corrected chi connectivity index (χ0v) is 12.1. The van der Waals surface area contributed by atoms with Gasteiger partial charge in [-0.25, -0.2) is 0 Å². The van der Waals surface area contributed by atoms with E-state index in [-0.39, 0.29) is 6.10 Å². The van der Waals surface area contributed by atoms with Crippen LogP contribution in [0.1, 0.15) is 25.0 Å². The number of aliphatic hydroxyl groups excluding tert-OH is 1. The predicted octanol–water partition coefficient (Wildman–Crippen LogP) is 2.53. The van der Waals surface area contributed by atoms with Crippen molar-refractivity contribution in [3.63, 3.8) is 0 Å². The Morgan fingerprint density at radius 3 is 2.56 bits per heavy atom. The highest BCUT2D eigenvalue weighted by Crippen LogP contribution is 2.20. The molecule has 0 saturated heterocycles.